The molecule has 0 aliphatic heterocycles. The Kier molecular flexibility index (Phi) is 5.16. The van der Waals surface area contributed by atoms with E-state index in [0.717, 1.165) is 5.69 Å². The fourth-order valence-electron chi connectivity index (χ4n) is 1.72. The molecule has 0 fully saturated rings. The highest BCUT2D eigenvalue weighted by molar-refractivity contribution is 5.94. The van der Waals surface area contributed by atoms with Crippen LogP contribution >= 0.6 is 0 Å². The number of amides is 1. The number of rotatable bonds is 6. The minimum absolute atomic E-state index is 0.0121. The minimum atomic E-state index is -4.35. The van der Waals surface area contributed by atoms with Crippen molar-refractivity contribution < 1.29 is 22.7 Å². The molecule has 0 atom stereocenters. The first-order chi connectivity index (χ1) is 10.5. The summed E-state index contributed by atoms with van der Waals surface area (Å²) < 4.78 is 41.7. The van der Waals surface area contributed by atoms with Crippen molar-refractivity contribution in [3.8, 4) is 5.69 Å². The van der Waals surface area contributed by atoms with Crippen molar-refractivity contribution in [3.63, 3.8) is 0 Å². The third-order valence-electron chi connectivity index (χ3n) is 2.73. The predicted octanol–water partition coefficient (Wildman–Crippen LogP) is 2.18. The van der Waals surface area contributed by atoms with Gasteiger partial charge in [-0.3, -0.25) is 4.79 Å². The van der Waals surface area contributed by atoms with E-state index in [1.54, 1.807) is 47.6 Å². The van der Waals surface area contributed by atoms with Gasteiger partial charge in [-0.15, -0.1) is 0 Å². The lowest BCUT2D eigenvalue weighted by molar-refractivity contribution is -0.173. The van der Waals surface area contributed by atoms with Crippen molar-refractivity contribution in [2.75, 3.05) is 19.8 Å². The van der Waals surface area contributed by atoms with Crippen LogP contribution in [0.4, 0.5) is 13.2 Å². The van der Waals surface area contributed by atoms with Crippen molar-refractivity contribution in [1.29, 1.82) is 0 Å². The first kappa shape index (κ1) is 16.0. The molecule has 0 saturated carbocycles. The van der Waals surface area contributed by atoms with Gasteiger partial charge in [-0.25, -0.2) is 4.98 Å². The Morgan fingerprint density at radius 2 is 2.00 bits per heavy atom. The summed E-state index contributed by atoms with van der Waals surface area (Å²) >= 11 is 0. The number of hydrogen-bond acceptors (Lipinski definition) is 3. The van der Waals surface area contributed by atoms with Gasteiger partial charge in [0, 0.05) is 30.2 Å². The second kappa shape index (κ2) is 7.08. The highest BCUT2D eigenvalue weighted by Crippen LogP contribution is 2.14. The summed E-state index contributed by atoms with van der Waals surface area (Å²) in [5.41, 5.74) is 1.27. The summed E-state index contributed by atoms with van der Waals surface area (Å²) in [6.07, 6.45) is 0.689. The van der Waals surface area contributed by atoms with Gasteiger partial charge in [-0.2, -0.15) is 13.2 Å². The number of hydrogen-bond donors (Lipinski definition) is 1. The summed E-state index contributed by atoms with van der Waals surface area (Å²) in [6.45, 7) is -1.50. The average molecular weight is 313 g/mol. The lowest BCUT2D eigenvalue weighted by Gasteiger charge is -2.09. The van der Waals surface area contributed by atoms with Crippen molar-refractivity contribution in [2.45, 2.75) is 6.18 Å². The zero-order valence-electron chi connectivity index (χ0n) is 11.5. The molecule has 0 bridgehead atoms. The number of nitrogens with one attached hydrogen (secondary N) is 1. The van der Waals surface area contributed by atoms with Crippen LogP contribution in [0.25, 0.3) is 5.69 Å². The standard InChI is InChI=1S/C14H14F3N3O2/c15-14(16,17)9-22-8-6-19-13(21)11-1-3-12(4-2-11)20-7-5-18-10-20/h1-5,7,10H,6,8-9H2,(H,19,21). The van der Waals surface area contributed by atoms with Crippen molar-refractivity contribution >= 4 is 5.91 Å². The molecule has 8 heteroatoms. The molecule has 1 aromatic carbocycles. The second-order valence-electron chi connectivity index (χ2n) is 4.44. The lowest BCUT2D eigenvalue weighted by atomic mass is 10.2. The van der Waals surface area contributed by atoms with Crippen LogP contribution in [0, 0.1) is 0 Å². The number of nitrogens with zero attached hydrogens (tertiary/aromatic N) is 2. The molecule has 0 saturated heterocycles. The maximum Gasteiger partial charge on any atom is 0.411 e. The number of imidazole rings is 1. The topological polar surface area (TPSA) is 56.1 Å². The zero-order valence-corrected chi connectivity index (χ0v) is 11.5. The molecule has 1 aromatic heterocycles. The van der Waals surface area contributed by atoms with Gasteiger partial charge in [0.1, 0.15) is 6.61 Å². The van der Waals surface area contributed by atoms with E-state index in [2.05, 4.69) is 15.0 Å². The Morgan fingerprint density at radius 3 is 2.59 bits per heavy atom. The minimum Gasteiger partial charge on any atom is -0.370 e. The fraction of sp³-hybridized carbons (Fsp3) is 0.286. The molecule has 0 unspecified atom stereocenters. The SMILES string of the molecule is O=C(NCCOCC(F)(F)F)c1ccc(-n2ccnc2)cc1. The Morgan fingerprint density at radius 1 is 1.27 bits per heavy atom. The van der Waals surface area contributed by atoms with Gasteiger partial charge in [0.25, 0.3) is 5.91 Å². The van der Waals surface area contributed by atoms with E-state index >= 15 is 0 Å². The summed E-state index contributed by atoms with van der Waals surface area (Å²) in [5, 5.41) is 2.49. The molecule has 1 heterocycles. The van der Waals surface area contributed by atoms with Gasteiger partial charge in [0.15, 0.2) is 0 Å². The molecular weight excluding hydrogens is 299 g/mol. The maximum atomic E-state index is 11.8. The summed E-state index contributed by atoms with van der Waals surface area (Å²) in [4.78, 5) is 15.7. The molecule has 22 heavy (non-hydrogen) atoms. The van der Waals surface area contributed by atoms with Crippen LogP contribution in [-0.4, -0.2) is 41.4 Å². The van der Waals surface area contributed by atoms with Crippen LogP contribution in [0.1, 0.15) is 10.4 Å². The van der Waals surface area contributed by atoms with Gasteiger partial charge in [-0.1, -0.05) is 0 Å². The zero-order chi connectivity index (χ0) is 16.0. The van der Waals surface area contributed by atoms with Gasteiger partial charge >= 0.3 is 6.18 Å². The number of aromatic nitrogens is 2. The summed E-state index contributed by atoms with van der Waals surface area (Å²) in [7, 11) is 0. The monoisotopic (exact) mass is 313 g/mol. The number of halogens is 3. The molecule has 1 N–H and O–H groups in total. The lowest BCUT2D eigenvalue weighted by Crippen LogP contribution is -2.28. The normalized spacial score (nSPS) is 11.4. The molecule has 1 amide bonds. The van der Waals surface area contributed by atoms with E-state index in [0.29, 0.717) is 5.56 Å². The van der Waals surface area contributed by atoms with Crippen LogP contribution in [0.3, 0.4) is 0 Å². The smallest absolute Gasteiger partial charge is 0.370 e. The molecule has 118 valence electrons. The van der Waals surface area contributed by atoms with Gasteiger partial charge in [0.2, 0.25) is 0 Å². The number of ether oxygens (including phenoxy) is 1. The van der Waals surface area contributed by atoms with Crippen molar-refractivity contribution in [2.24, 2.45) is 0 Å². The average Bonchev–Trinajstić information content (AvgIpc) is 3.00. The van der Waals surface area contributed by atoms with E-state index in [9.17, 15) is 18.0 Å². The Hall–Kier alpha value is -2.35. The first-order valence-corrected chi connectivity index (χ1v) is 6.47. The van der Waals surface area contributed by atoms with Gasteiger partial charge in [0.05, 0.1) is 12.9 Å². The second-order valence-corrected chi connectivity index (χ2v) is 4.44. The molecular formula is C14H14F3N3O2. The summed E-state index contributed by atoms with van der Waals surface area (Å²) in [6, 6.07) is 6.75. The molecule has 2 aromatic rings. The van der Waals surface area contributed by atoms with E-state index in [1.807, 2.05) is 0 Å². The third kappa shape index (κ3) is 4.88. The van der Waals surface area contributed by atoms with E-state index in [1.165, 1.54) is 0 Å². The molecule has 5 nitrogen and oxygen atoms in total. The van der Waals surface area contributed by atoms with E-state index < -0.39 is 12.8 Å². The molecule has 0 aliphatic rings. The third-order valence-corrected chi connectivity index (χ3v) is 2.73. The molecule has 0 radical (unpaired) electrons. The van der Waals surface area contributed by atoms with E-state index in [-0.39, 0.29) is 19.1 Å². The van der Waals surface area contributed by atoms with Crippen molar-refractivity contribution in [1.82, 2.24) is 14.9 Å². The van der Waals surface area contributed by atoms with Crippen LogP contribution in [-0.2, 0) is 4.74 Å². The van der Waals surface area contributed by atoms with Gasteiger partial charge < -0.3 is 14.6 Å². The summed E-state index contributed by atoms with van der Waals surface area (Å²) in [5.74, 6) is -0.368. The van der Waals surface area contributed by atoms with Crippen LogP contribution in [0.15, 0.2) is 43.0 Å². The number of benzene rings is 1. The van der Waals surface area contributed by atoms with Crippen LogP contribution in [0.2, 0.25) is 0 Å². The Balaban J connectivity index is 1.78. The highest BCUT2D eigenvalue weighted by atomic mass is 19.4. The number of alkyl halides is 3. The number of carbonyl (C=O) groups excluding carboxylic acids is 1. The maximum absolute atomic E-state index is 11.8. The highest BCUT2D eigenvalue weighted by Gasteiger charge is 2.27. The predicted molar refractivity (Wildman–Crippen MR) is 72.8 cm³/mol. The fourth-order valence-corrected chi connectivity index (χ4v) is 1.72. The Bertz CT molecular complexity index is 595. The molecule has 0 aliphatic carbocycles. The van der Waals surface area contributed by atoms with Crippen molar-refractivity contribution in [3.05, 3.63) is 48.5 Å². The van der Waals surface area contributed by atoms with Crippen LogP contribution in [0.5, 0.6) is 0 Å². The molecule has 0 spiro atoms. The van der Waals surface area contributed by atoms with Crippen LogP contribution < -0.4 is 5.32 Å². The molecule has 2 rings (SSSR count). The first-order valence-electron chi connectivity index (χ1n) is 6.47. The van der Waals surface area contributed by atoms with E-state index in [4.69, 9.17) is 0 Å². The number of carbonyl (C=O) groups is 1. The largest absolute Gasteiger partial charge is 0.411 e. The Labute approximate surface area is 124 Å². The quantitative estimate of drug-likeness (QED) is 0.832. The van der Waals surface area contributed by atoms with Gasteiger partial charge in [-0.05, 0) is 24.3 Å².